The monoisotopic (exact) mass is 475 g/mol. The fourth-order valence-electron chi connectivity index (χ4n) is 3.30. The first-order valence-corrected chi connectivity index (χ1v) is 9.20. The van der Waals surface area contributed by atoms with Crippen LogP contribution in [0.4, 0.5) is 0 Å². The summed E-state index contributed by atoms with van der Waals surface area (Å²) >= 11 is 0. The maximum Gasteiger partial charge on any atom is 0.191 e. The quantitative estimate of drug-likeness (QED) is 0.370. The second-order valence-corrected chi connectivity index (χ2v) is 7.36. The van der Waals surface area contributed by atoms with Gasteiger partial charge in [-0.15, -0.1) is 24.0 Å². The summed E-state index contributed by atoms with van der Waals surface area (Å²) in [7, 11) is 5.16. The average molecular weight is 475 g/mol. The zero-order chi connectivity index (χ0) is 18.3. The molecule has 0 heterocycles. The Bertz CT molecular complexity index is 584. The first-order valence-electron chi connectivity index (χ1n) is 9.20. The van der Waals surface area contributed by atoms with Crippen LogP contribution in [0.1, 0.15) is 51.5 Å². The van der Waals surface area contributed by atoms with Crippen LogP contribution in [-0.4, -0.2) is 39.8 Å². The highest BCUT2D eigenvalue weighted by atomic mass is 127. The Morgan fingerprint density at radius 2 is 1.77 bits per heavy atom. The Balaban J connectivity index is 0.00000338. The molecule has 2 N–H and O–H groups in total. The molecule has 1 aliphatic rings. The van der Waals surface area contributed by atoms with Crippen molar-refractivity contribution in [3.63, 3.8) is 0 Å². The molecule has 6 heteroatoms. The Kier molecular flexibility index (Phi) is 9.54. The van der Waals surface area contributed by atoms with E-state index in [4.69, 9.17) is 9.47 Å². The summed E-state index contributed by atoms with van der Waals surface area (Å²) in [6.45, 7) is 5.22. The van der Waals surface area contributed by atoms with Crippen molar-refractivity contribution in [2.75, 3.05) is 27.8 Å². The number of methoxy groups -OCH3 is 2. The molecule has 1 aliphatic carbocycles. The highest BCUT2D eigenvalue weighted by molar-refractivity contribution is 14.0. The lowest BCUT2D eigenvalue weighted by molar-refractivity contribution is 0.353. The number of guanidine groups is 1. The van der Waals surface area contributed by atoms with Crippen molar-refractivity contribution in [2.24, 2.45) is 4.99 Å². The minimum Gasteiger partial charge on any atom is -0.493 e. The van der Waals surface area contributed by atoms with Crippen molar-refractivity contribution in [3.8, 4) is 11.5 Å². The van der Waals surface area contributed by atoms with E-state index < -0.39 is 0 Å². The number of hydrogen-bond donors (Lipinski definition) is 2. The molecule has 0 radical (unpaired) electrons. The van der Waals surface area contributed by atoms with Gasteiger partial charge in [0.05, 0.1) is 14.2 Å². The number of nitrogens with one attached hydrogen (secondary N) is 2. The zero-order valence-corrected chi connectivity index (χ0v) is 19.1. The Morgan fingerprint density at radius 1 is 1.12 bits per heavy atom. The van der Waals surface area contributed by atoms with Gasteiger partial charge in [-0.05, 0) is 30.5 Å². The van der Waals surface area contributed by atoms with Crippen LogP contribution in [0.25, 0.3) is 0 Å². The molecule has 148 valence electrons. The highest BCUT2D eigenvalue weighted by Gasteiger charge is 2.23. The number of aliphatic imine (C=N–C) groups is 1. The second-order valence-electron chi connectivity index (χ2n) is 7.36. The summed E-state index contributed by atoms with van der Waals surface area (Å²) in [5.41, 5.74) is 1.13. The summed E-state index contributed by atoms with van der Waals surface area (Å²) in [4.78, 5) is 4.39. The van der Waals surface area contributed by atoms with E-state index in [-0.39, 0.29) is 29.4 Å². The van der Waals surface area contributed by atoms with E-state index in [1.165, 1.54) is 37.7 Å². The van der Waals surface area contributed by atoms with Crippen LogP contribution < -0.4 is 20.1 Å². The van der Waals surface area contributed by atoms with Crippen molar-refractivity contribution in [1.82, 2.24) is 10.6 Å². The molecule has 0 atom stereocenters. The van der Waals surface area contributed by atoms with Crippen LogP contribution in [0.5, 0.6) is 11.5 Å². The number of halogens is 1. The summed E-state index contributed by atoms with van der Waals surface area (Å²) in [6, 6.07) is 6.66. The first kappa shape index (κ1) is 22.9. The van der Waals surface area contributed by atoms with Gasteiger partial charge >= 0.3 is 0 Å². The molecular formula is C20H34IN3O2. The topological polar surface area (TPSA) is 54.9 Å². The van der Waals surface area contributed by atoms with E-state index in [1.807, 2.05) is 13.1 Å². The highest BCUT2D eigenvalue weighted by Crippen LogP contribution is 2.32. The summed E-state index contributed by atoms with van der Waals surface area (Å²) in [5, 5.41) is 7.05. The van der Waals surface area contributed by atoms with Crippen molar-refractivity contribution in [1.29, 1.82) is 0 Å². The lowest BCUT2D eigenvalue weighted by atomic mass is 9.84. The van der Waals surface area contributed by atoms with Gasteiger partial charge in [-0.2, -0.15) is 0 Å². The number of nitrogens with zero attached hydrogens (tertiary/aromatic N) is 1. The molecule has 0 aromatic heterocycles. The molecule has 0 unspecified atom stereocenters. The molecule has 0 aliphatic heterocycles. The van der Waals surface area contributed by atoms with Crippen molar-refractivity contribution >= 4 is 29.9 Å². The number of benzene rings is 1. The van der Waals surface area contributed by atoms with Gasteiger partial charge in [-0.3, -0.25) is 4.99 Å². The molecule has 1 saturated carbocycles. The fraction of sp³-hybridized carbons (Fsp3) is 0.650. The lowest BCUT2D eigenvalue weighted by Crippen LogP contribution is -2.47. The second kappa shape index (κ2) is 10.8. The average Bonchev–Trinajstić information content (AvgIpc) is 2.65. The van der Waals surface area contributed by atoms with Crippen molar-refractivity contribution < 1.29 is 9.47 Å². The maximum atomic E-state index is 5.44. The number of hydrogen-bond acceptors (Lipinski definition) is 3. The molecule has 5 nitrogen and oxygen atoms in total. The van der Waals surface area contributed by atoms with E-state index in [0.717, 1.165) is 24.0 Å². The van der Waals surface area contributed by atoms with Crippen molar-refractivity contribution in [2.45, 2.75) is 57.4 Å². The molecule has 26 heavy (non-hydrogen) atoms. The third kappa shape index (κ3) is 6.21. The van der Waals surface area contributed by atoms with Gasteiger partial charge in [0.25, 0.3) is 0 Å². The standard InChI is InChI=1S/C20H33N3O2.HI/c1-20(2,15-11-12-17(24-4)18(13-15)25-5)14-22-19(21-3)23-16-9-7-6-8-10-16;/h11-13,16H,6-10,14H2,1-5H3,(H2,21,22,23);1H. The van der Waals surface area contributed by atoms with Gasteiger partial charge in [-0.25, -0.2) is 0 Å². The van der Waals surface area contributed by atoms with Crippen LogP contribution in [0.2, 0.25) is 0 Å². The molecule has 1 fully saturated rings. The van der Waals surface area contributed by atoms with Crippen molar-refractivity contribution in [3.05, 3.63) is 23.8 Å². The molecule has 0 saturated heterocycles. The Hall–Kier alpha value is -1.18. The third-order valence-electron chi connectivity index (χ3n) is 5.03. The Labute approximate surface area is 175 Å². The van der Waals surface area contributed by atoms with Gasteiger partial charge in [0.1, 0.15) is 0 Å². The summed E-state index contributed by atoms with van der Waals surface area (Å²) < 4.78 is 10.8. The summed E-state index contributed by atoms with van der Waals surface area (Å²) in [6.07, 6.45) is 6.45. The number of ether oxygens (including phenoxy) is 2. The molecule has 2 rings (SSSR count). The molecule has 1 aromatic rings. The van der Waals surface area contributed by atoms with Crippen LogP contribution in [0.3, 0.4) is 0 Å². The SMILES string of the molecule is CN=C(NCC(C)(C)c1ccc(OC)c(OC)c1)NC1CCCCC1.I. The molecular weight excluding hydrogens is 441 g/mol. The van der Waals surface area contributed by atoms with Crippen LogP contribution in [-0.2, 0) is 5.41 Å². The largest absolute Gasteiger partial charge is 0.493 e. The van der Waals surface area contributed by atoms with Crippen LogP contribution in [0.15, 0.2) is 23.2 Å². The minimum absolute atomic E-state index is 0. The van der Waals surface area contributed by atoms with Gasteiger partial charge in [-0.1, -0.05) is 39.2 Å². The van der Waals surface area contributed by atoms with Crippen LogP contribution >= 0.6 is 24.0 Å². The van der Waals surface area contributed by atoms with Gasteiger partial charge in [0.15, 0.2) is 17.5 Å². The van der Waals surface area contributed by atoms with Gasteiger partial charge in [0, 0.05) is 25.0 Å². The molecule has 0 spiro atoms. The Morgan fingerprint density at radius 3 is 2.35 bits per heavy atom. The fourth-order valence-corrected chi connectivity index (χ4v) is 3.30. The smallest absolute Gasteiger partial charge is 0.191 e. The molecule has 0 bridgehead atoms. The molecule has 1 aromatic carbocycles. The lowest BCUT2D eigenvalue weighted by Gasteiger charge is -2.29. The minimum atomic E-state index is -0.0657. The predicted molar refractivity (Wildman–Crippen MR) is 119 cm³/mol. The van der Waals surface area contributed by atoms with E-state index in [0.29, 0.717) is 6.04 Å². The van der Waals surface area contributed by atoms with E-state index >= 15 is 0 Å². The first-order chi connectivity index (χ1) is 12.0. The zero-order valence-electron chi connectivity index (χ0n) is 16.7. The van der Waals surface area contributed by atoms with Gasteiger partial charge < -0.3 is 20.1 Å². The normalized spacial score (nSPS) is 15.8. The van der Waals surface area contributed by atoms with E-state index in [1.54, 1.807) is 14.2 Å². The van der Waals surface area contributed by atoms with Crippen LogP contribution in [0, 0.1) is 0 Å². The number of rotatable bonds is 6. The van der Waals surface area contributed by atoms with Gasteiger partial charge in [0.2, 0.25) is 0 Å². The molecule has 0 amide bonds. The predicted octanol–water partition coefficient (Wildman–Crippen LogP) is 4.10. The maximum absolute atomic E-state index is 5.44. The van der Waals surface area contributed by atoms with E-state index in [9.17, 15) is 0 Å². The van der Waals surface area contributed by atoms with E-state index in [2.05, 4.69) is 41.6 Å². The summed E-state index contributed by atoms with van der Waals surface area (Å²) in [5.74, 6) is 2.41. The third-order valence-corrected chi connectivity index (χ3v) is 5.03.